The van der Waals surface area contributed by atoms with E-state index < -0.39 is 34.7 Å². The molecule has 0 radical (unpaired) electrons. The summed E-state index contributed by atoms with van der Waals surface area (Å²) >= 11 is 0. The van der Waals surface area contributed by atoms with E-state index in [1.165, 1.54) is 17.3 Å². The first kappa shape index (κ1) is 35.4. The minimum absolute atomic E-state index is 0.0438. The second-order valence-corrected chi connectivity index (χ2v) is 15.3. The van der Waals surface area contributed by atoms with Gasteiger partial charge in [-0.2, -0.15) is 0 Å². The van der Waals surface area contributed by atoms with Gasteiger partial charge in [-0.3, -0.25) is 15.0 Å². The molecule has 0 bridgehead atoms. The Bertz CT molecular complexity index is 2100. The summed E-state index contributed by atoms with van der Waals surface area (Å²) in [6.45, 7) is 16.6. The molecule has 2 aliphatic rings. The first-order valence-corrected chi connectivity index (χ1v) is 16.7. The van der Waals surface area contributed by atoms with Crippen LogP contribution in [0, 0.1) is 12.7 Å². The highest BCUT2D eigenvalue weighted by atomic mass is 19.1. The Morgan fingerprint density at radius 1 is 0.961 bits per heavy atom. The van der Waals surface area contributed by atoms with E-state index >= 15 is 4.39 Å². The Hall–Kier alpha value is -5.46. The summed E-state index contributed by atoms with van der Waals surface area (Å²) < 4.78 is 33.7. The minimum Gasteiger partial charge on any atom is -0.474 e. The summed E-state index contributed by atoms with van der Waals surface area (Å²) in [5.41, 5.74) is 1.42. The van der Waals surface area contributed by atoms with Crippen LogP contribution in [0.3, 0.4) is 0 Å². The van der Waals surface area contributed by atoms with Gasteiger partial charge in [-0.1, -0.05) is 0 Å². The van der Waals surface area contributed by atoms with Gasteiger partial charge in [0, 0.05) is 47.2 Å². The molecule has 0 saturated carbocycles. The van der Waals surface area contributed by atoms with Crippen molar-refractivity contribution in [3.63, 3.8) is 0 Å². The Morgan fingerprint density at radius 2 is 1.67 bits per heavy atom. The molecule has 13 heteroatoms. The lowest BCUT2D eigenvalue weighted by atomic mass is 9.93. The van der Waals surface area contributed by atoms with Gasteiger partial charge in [0.2, 0.25) is 5.88 Å². The fourth-order valence-electron chi connectivity index (χ4n) is 6.25. The van der Waals surface area contributed by atoms with Crippen LogP contribution < -0.4 is 20.3 Å². The van der Waals surface area contributed by atoms with E-state index in [-0.39, 0.29) is 36.2 Å². The van der Waals surface area contributed by atoms with Crippen LogP contribution >= 0.6 is 0 Å². The smallest absolute Gasteiger partial charge is 0.415 e. The fourth-order valence-corrected chi connectivity index (χ4v) is 6.25. The van der Waals surface area contributed by atoms with Crippen molar-refractivity contribution in [2.75, 3.05) is 35.7 Å². The number of amides is 3. The van der Waals surface area contributed by atoms with Crippen LogP contribution in [0.5, 0.6) is 5.88 Å². The molecule has 2 aromatic heterocycles. The first-order valence-electron chi connectivity index (χ1n) is 16.7. The summed E-state index contributed by atoms with van der Waals surface area (Å²) in [6, 6.07) is 8.91. The maximum atomic E-state index is 16.8. The fraction of sp³-hybridized carbons (Fsp3) is 0.395. The summed E-state index contributed by atoms with van der Waals surface area (Å²) in [7, 11) is 1.78. The Kier molecular flexibility index (Phi) is 8.60. The summed E-state index contributed by atoms with van der Waals surface area (Å²) in [5, 5.41) is 6.80. The van der Waals surface area contributed by atoms with E-state index in [2.05, 4.69) is 20.6 Å². The third-order valence-corrected chi connectivity index (χ3v) is 8.91. The number of benzene rings is 2. The van der Waals surface area contributed by atoms with Crippen molar-refractivity contribution >= 4 is 51.7 Å². The van der Waals surface area contributed by atoms with E-state index in [4.69, 9.17) is 14.2 Å². The number of halogens is 1. The Balaban J connectivity index is 1.46. The number of nitrogens with zero attached hydrogens (tertiary/aromatic N) is 4. The highest BCUT2D eigenvalue weighted by Gasteiger charge is 2.40. The van der Waals surface area contributed by atoms with E-state index in [1.54, 1.807) is 78.6 Å². The van der Waals surface area contributed by atoms with Gasteiger partial charge in [0.05, 0.1) is 17.8 Å². The van der Waals surface area contributed by atoms with Crippen LogP contribution in [0.2, 0.25) is 0 Å². The molecule has 3 amide bonds. The zero-order chi connectivity index (χ0) is 37.2. The summed E-state index contributed by atoms with van der Waals surface area (Å²) in [6.07, 6.45) is 1.54. The SMILES string of the molecule is Cc1c(-c2cc3cc(Nc4ccc5c(c4)C(C)(C)N(C)C5=O)ncc3c(NC(=O)OC(C)(C)C)c2F)cnc2c1N(C(=O)OC(C)(C)C)CCO2. The molecule has 2 N–H and O–H groups in total. The second kappa shape index (κ2) is 12.4. The van der Waals surface area contributed by atoms with Crippen LogP contribution in [-0.2, 0) is 15.0 Å². The van der Waals surface area contributed by atoms with Crippen molar-refractivity contribution < 1.29 is 33.0 Å². The summed E-state index contributed by atoms with van der Waals surface area (Å²) in [4.78, 5) is 51.3. The number of pyridine rings is 2. The number of anilines is 4. The van der Waals surface area contributed by atoms with E-state index in [0.29, 0.717) is 44.7 Å². The molecule has 4 aromatic rings. The highest BCUT2D eigenvalue weighted by Crippen LogP contribution is 2.43. The van der Waals surface area contributed by atoms with Gasteiger partial charge in [-0.25, -0.2) is 23.9 Å². The quantitative estimate of drug-likeness (QED) is 0.216. The van der Waals surface area contributed by atoms with E-state index in [9.17, 15) is 14.4 Å². The van der Waals surface area contributed by atoms with Crippen LogP contribution in [-0.4, -0.2) is 64.4 Å². The van der Waals surface area contributed by atoms with Crippen molar-refractivity contribution in [1.82, 2.24) is 14.9 Å². The molecule has 12 nitrogen and oxygen atoms in total. The van der Waals surface area contributed by atoms with Gasteiger partial charge in [0.15, 0.2) is 5.82 Å². The number of fused-ring (bicyclic) bond motifs is 3. The van der Waals surface area contributed by atoms with Crippen LogP contribution in [0.25, 0.3) is 21.9 Å². The van der Waals surface area contributed by atoms with E-state index in [1.807, 2.05) is 26.0 Å². The standard InChI is InChI=1S/C38H43FN6O6/c1-20-25(18-41-32-31(20)45(13-14-49-32)35(48)51-37(5,6)7)24-15-21-16-28(40-19-26(21)30(29(24)39)43-34(47)50-36(2,3)4)42-22-11-12-23-27(17-22)38(8,9)44(10)33(23)46/h11-12,15-19H,13-14H2,1-10H3,(H,40,42)(H,43,47). The average Bonchev–Trinajstić information content (AvgIpc) is 3.20. The van der Waals surface area contributed by atoms with Crippen molar-refractivity contribution in [2.24, 2.45) is 0 Å². The third-order valence-electron chi connectivity index (χ3n) is 8.91. The Labute approximate surface area is 296 Å². The van der Waals surface area contributed by atoms with Gasteiger partial charge < -0.3 is 24.4 Å². The lowest BCUT2D eigenvalue weighted by Gasteiger charge is -2.32. The lowest BCUT2D eigenvalue weighted by Crippen LogP contribution is -2.42. The number of nitrogens with one attached hydrogen (secondary N) is 2. The van der Waals surface area contributed by atoms with Gasteiger partial charge in [0.1, 0.15) is 29.3 Å². The molecule has 4 heterocycles. The zero-order valence-electron chi connectivity index (χ0n) is 30.6. The average molecular weight is 699 g/mol. The van der Waals surface area contributed by atoms with Crippen molar-refractivity contribution in [3.05, 3.63) is 65.2 Å². The highest BCUT2D eigenvalue weighted by molar-refractivity contribution is 6.05. The van der Waals surface area contributed by atoms with E-state index in [0.717, 1.165) is 5.56 Å². The predicted molar refractivity (Wildman–Crippen MR) is 193 cm³/mol. The van der Waals surface area contributed by atoms with Crippen molar-refractivity contribution in [1.29, 1.82) is 0 Å². The molecule has 268 valence electrons. The van der Waals surface area contributed by atoms with Crippen molar-refractivity contribution in [2.45, 2.75) is 79.1 Å². The molecule has 2 aliphatic heterocycles. The Morgan fingerprint density at radius 3 is 2.35 bits per heavy atom. The monoisotopic (exact) mass is 698 g/mol. The van der Waals surface area contributed by atoms with Crippen LogP contribution in [0.1, 0.15) is 76.9 Å². The molecule has 6 rings (SSSR count). The number of aromatic nitrogens is 2. The van der Waals surface area contributed by atoms with Crippen molar-refractivity contribution in [3.8, 4) is 17.0 Å². The maximum Gasteiger partial charge on any atom is 0.415 e. The molecule has 0 fully saturated rings. The molecule has 0 unspecified atom stereocenters. The van der Waals surface area contributed by atoms with Gasteiger partial charge >= 0.3 is 12.2 Å². The van der Waals surface area contributed by atoms with Crippen LogP contribution in [0.4, 0.5) is 36.9 Å². The zero-order valence-corrected chi connectivity index (χ0v) is 30.6. The molecule has 0 spiro atoms. The lowest BCUT2D eigenvalue weighted by molar-refractivity contribution is 0.0564. The minimum atomic E-state index is -0.841. The number of rotatable bonds is 4. The first-order chi connectivity index (χ1) is 23.7. The number of hydrogen-bond donors (Lipinski definition) is 2. The van der Waals surface area contributed by atoms with Crippen LogP contribution in [0.15, 0.2) is 42.7 Å². The van der Waals surface area contributed by atoms with Gasteiger partial charge in [0.25, 0.3) is 5.91 Å². The molecule has 0 atom stereocenters. The van der Waals surface area contributed by atoms with Gasteiger partial charge in [-0.15, -0.1) is 0 Å². The summed E-state index contributed by atoms with van der Waals surface area (Å²) in [5.74, 6) is -0.111. The number of hydrogen-bond acceptors (Lipinski definition) is 9. The number of ether oxygens (including phenoxy) is 3. The maximum absolute atomic E-state index is 16.8. The topological polar surface area (TPSA) is 135 Å². The second-order valence-electron chi connectivity index (χ2n) is 15.3. The molecule has 0 saturated heterocycles. The third kappa shape index (κ3) is 6.72. The number of carbonyl (C=O) groups is 3. The largest absolute Gasteiger partial charge is 0.474 e. The molecular weight excluding hydrogens is 655 g/mol. The predicted octanol–water partition coefficient (Wildman–Crippen LogP) is 8.29. The normalized spacial score (nSPS) is 15.2. The molecule has 2 aromatic carbocycles. The number of carbonyl (C=O) groups excluding carboxylic acids is 3. The molecule has 51 heavy (non-hydrogen) atoms. The molecular formula is C38H43FN6O6. The van der Waals surface area contributed by atoms with Gasteiger partial charge in [-0.05, 0) is 109 Å². The molecule has 0 aliphatic carbocycles.